The summed E-state index contributed by atoms with van der Waals surface area (Å²) in [5.74, 6) is 1.00. The van der Waals surface area contributed by atoms with Gasteiger partial charge >= 0.3 is 0 Å². The van der Waals surface area contributed by atoms with Gasteiger partial charge in [-0.25, -0.2) is 4.99 Å². The largest absolute Gasteiger partial charge is 0.497 e. The third-order valence-electron chi connectivity index (χ3n) is 7.50. The van der Waals surface area contributed by atoms with Gasteiger partial charge in [-0.2, -0.15) is 0 Å². The molecule has 5 aromatic rings. The van der Waals surface area contributed by atoms with Crippen LogP contribution in [0.15, 0.2) is 123 Å². The van der Waals surface area contributed by atoms with Gasteiger partial charge in [0.25, 0.3) is 11.5 Å². The van der Waals surface area contributed by atoms with Gasteiger partial charge in [-0.1, -0.05) is 87.4 Å². The lowest BCUT2D eigenvalue weighted by atomic mass is 9.95. The molecule has 0 unspecified atom stereocenters. The number of carbonyl (C=O) groups is 1. The molecule has 0 saturated carbocycles. The Balaban J connectivity index is 1.44. The predicted molar refractivity (Wildman–Crippen MR) is 181 cm³/mol. The number of halogens is 1. The molecule has 4 aromatic carbocycles. The lowest BCUT2D eigenvalue weighted by Crippen LogP contribution is -2.40. The number of anilines is 1. The van der Waals surface area contributed by atoms with Gasteiger partial charge in [-0.15, -0.1) is 0 Å². The number of para-hydroxylation sites is 1. The lowest BCUT2D eigenvalue weighted by molar-refractivity contribution is -0.113. The van der Waals surface area contributed by atoms with E-state index in [-0.39, 0.29) is 11.5 Å². The maximum atomic E-state index is 14.2. The first kappa shape index (κ1) is 30.3. The van der Waals surface area contributed by atoms with Crippen LogP contribution in [0.1, 0.15) is 35.2 Å². The van der Waals surface area contributed by atoms with E-state index in [0.29, 0.717) is 44.4 Å². The molecule has 0 aliphatic carbocycles. The molecule has 2 heterocycles. The molecule has 1 aliphatic rings. The third-order valence-corrected chi connectivity index (χ3v) is 8.98. The summed E-state index contributed by atoms with van der Waals surface area (Å²) >= 11 is 4.85. The van der Waals surface area contributed by atoms with E-state index in [1.165, 1.54) is 16.9 Å². The monoisotopic (exact) mass is 679 g/mol. The number of fused-ring (bicyclic) bond motifs is 1. The summed E-state index contributed by atoms with van der Waals surface area (Å²) in [4.78, 5) is 33.3. The van der Waals surface area contributed by atoms with Crippen molar-refractivity contribution in [1.29, 1.82) is 0 Å². The summed E-state index contributed by atoms with van der Waals surface area (Å²) < 4.78 is 14.5. The topological polar surface area (TPSA) is 81.9 Å². The minimum atomic E-state index is -0.696. The van der Waals surface area contributed by atoms with E-state index in [9.17, 15) is 9.59 Å². The number of hydrogen-bond acceptors (Lipinski definition) is 6. The minimum Gasteiger partial charge on any atom is -0.497 e. The summed E-state index contributed by atoms with van der Waals surface area (Å²) in [6.07, 6.45) is 1.83. The normalized spacial score (nSPS) is 14.5. The van der Waals surface area contributed by atoms with Gasteiger partial charge in [0.1, 0.15) is 18.1 Å². The van der Waals surface area contributed by atoms with Crippen molar-refractivity contribution in [3.05, 3.63) is 155 Å². The lowest BCUT2D eigenvalue weighted by Gasteiger charge is -2.25. The van der Waals surface area contributed by atoms with Gasteiger partial charge < -0.3 is 14.8 Å². The molecular formula is C36H30BrN3O4S. The number of thiazole rings is 1. The quantitative estimate of drug-likeness (QED) is 0.202. The Kier molecular flexibility index (Phi) is 8.82. The van der Waals surface area contributed by atoms with Crippen LogP contribution in [0.4, 0.5) is 5.69 Å². The number of nitrogens with one attached hydrogen (secondary N) is 1. The van der Waals surface area contributed by atoms with Crippen LogP contribution in [-0.2, 0) is 11.4 Å². The summed E-state index contributed by atoms with van der Waals surface area (Å²) in [6.45, 7) is 4.24. The summed E-state index contributed by atoms with van der Waals surface area (Å²) in [7, 11) is 1.60. The number of aromatic nitrogens is 1. The molecular weight excluding hydrogens is 650 g/mol. The van der Waals surface area contributed by atoms with E-state index in [4.69, 9.17) is 14.5 Å². The number of benzene rings is 4. The fraction of sp³-hybridized carbons (Fsp3) is 0.139. The second kappa shape index (κ2) is 13.1. The van der Waals surface area contributed by atoms with Gasteiger partial charge in [-0.3, -0.25) is 14.2 Å². The molecule has 0 radical (unpaired) electrons. The van der Waals surface area contributed by atoms with Crippen molar-refractivity contribution in [3.8, 4) is 11.5 Å². The van der Waals surface area contributed by atoms with Crippen molar-refractivity contribution in [2.24, 2.45) is 4.99 Å². The number of hydrogen-bond donors (Lipinski definition) is 1. The Morgan fingerprint density at radius 2 is 1.73 bits per heavy atom. The second-order valence-corrected chi connectivity index (χ2v) is 12.6. The average Bonchev–Trinajstić information content (AvgIpc) is 3.35. The minimum absolute atomic E-state index is 0.249. The zero-order chi connectivity index (χ0) is 31.5. The Morgan fingerprint density at radius 3 is 2.44 bits per heavy atom. The smallest absolute Gasteiger partial charge is 0.271 e. The number of methoxy groups -OCH3 is 1. The number of nitrogens with zero attached hydrogens (tertiary/aromatic N) is 2. The highest BCUT2D eigenvalue weighted by Crippen LogP contribution is 2.32. The molecule has 1 atom stereocenters. The van der Waals surface area contributed by atoms with Crippen molar-refractivity contribution >= 4 is 44.9 Å². The highest BCUT2D eigenvalue weighted by Gasteiger charge is 2.32. The van der Waals surface area contributed by atoms with E-state index >= 15 is 0 Å². The first-order valence-electron chi connectivity index (χ1n) is 14.3. The molecule has 1 aromatic heterocycles. The fourth-order valence-corrected chi connectivity index (χ4v) is 6.60. The van der Waals surface area contributed by atoms with Crippen molar-refractivity contribution in [2.75, 3.05) is 12.4 Å². The van der Waals surface area contributed by atoms with Crippen molar-refractivity contribution in [3.63, 3.8) is 0 Å². The maximum absolute atomic E-state index is 14.2. The molecule has 0 fully saturated rings. The third kappa shape index (κ3) is 6.55. The standard InChI is InChI=1S/C36H30BrN3O4S/c1-22-9-11-24(12-10-22)21-44-30-18-15-27(37)19-26(30)20-31-35(42)40-33(25-13-16-29(43-3)17-14-25)32(23(2)38-36(40)45-31)34(41)39-28-7-5-4-6-8-28/h4-20,33H,21H2,1-3H3,(H,39,41)/b31-20+/t33-/m1/s1. The molecule has 1 aliphatic heterocycles. The fourth-order valence-electron chi connectivity index (χ4n) is 5.18. The highest BCUT2D eigenvalue weighted by atomic mass is 79.9. The molecule has 0 saturated heterocycles. The molecule has 1 N–H and O–H groups in total. The van der Waals surface area contributed by atoms with Crippen molar-refractivity contribution in [1.82, 2.24) is 4.57 Å². The van der Waals surface area contributed by atoms with Crippen LogP contribution in [0.3, 0.4) is 0 Å². The van der Waals surface area contributed by atoms with Gasteiger partial charge in [0, 0.05) is 15.7 Å². The number of ether oxygens (including phenoxy) is 2. The molecule has 0 bridgehead atoms. The first-order chi connectivity index (χ1) is 21.8. The summed E-state index contributed by atoms with van der Waals surface area (Å²) in [6, 6.07) is 29.9. The average molecular weight is 681 g/mol. The van der Waals surface area contributed by atoms with Crippen molar-refractivity contribution in [2.45, 2.75) is 26.5 Å². The summed E-state index contributed by atoms with van der Waals surface area (Å²) in [5, 5.41) is 2.98. The van der Waals surface area contributed by atoms with Crippen molar-refractivity contribution < 1.29 is 14.3 Å². The predicted octanol–water partition coefficient (Wildman–Crippen LogP) is 6.53. The molecule has 1 amide bonds. The van der Waals surface area contributed by atoms with E-state index in [1.807, 2.05) is 97.9 Å². The van der Waals surface area contributed by atoms with E-state index in [2.05, 4.69) is 33.4 Å². The van der Waals surface area contributed by atoms with Gasteiger partial charge in [0.15, 0.2) is 4.80 Å². The summed E-state index contributed by atoms with van der Waals surface area (Å²) in [5.41, 5.74) is 5.09. The zero-order valence-electron chi connectivity index (χ0n) is 24.9. The Bertz CT molecular complexity index is 2080. The maximum Gasteiger partial charge on any atom is 0.271 e. The van der Waals surface area contributed by atoms with E-state index < -0.39 is 6.04 Å². The van der Waals surface area contributed by atoms with Gasteiger partial charge in [-0.05, 0) is 73.5 Å². The molecule has 45 heavy (non-hydrogen) atoms. The second-order valence-electron chi connectivity index (χ2n) is 10.6. The Labute approximate surface area is 272 Å². The first-order valence-corrected chi connectivity index (χ1v) is 15.9. The van der Waals surface area contributed by atoms with E-state index in [1.54, 1.807) is 18.6 Å². The Hall–Kier alpha value is -4.73. The van der Waals surface area contributed by atoms with Crippen LogP contribution >= 0.6 is 27.3 Å². The number of aryl methyl sites for hydroxylation is 1. The molecule has 9 heteroatoms. The van der Waals surface area contributed by atoms with E-state index in [0.717, 1.165) is 21.2 Å². The molecule has 226 valence electrons. The number of carbonyl (C=O) groups excluding carboxylic acids is 1. The van der Waals surface area contributed by atoms with Crippen LogP contribution in [0.5, 0.6) is 11.5 Å². The molecule has 0 spiro atoms. The van der Waals surface area contributed by atoms with Crippen LogP contribution in [0, 0.1) is 6.92 Å². The number of rotatable bonds is 8. The van der Waals surface area contributed by atoms with Gasteiger partial charge in [0.05, 0.1) is 29.0 Å². The molecule has 6 rings (SSSR count). The zero-order valence-corrected chi connectivity index (χ0v) is 27.3. The number of amides is 1. The molecule has 7 nitrogen and oxygen atoms in total. The SMILES string of the molecule is COc1ccc([C@@H]2C(C(=O)Nc3ccccc3)=C(C)N=c3s/c(=C/c4cc(Br)ccc4OCc4ccc(C)cc4)c(=O)n32)cc1. The van der Waals surface area contributed by atoms with Gasteiger partial charge in [0.2, 0.25) is 0 Å². The van der Waals surface area contributed by atoms with Crippen LogP contribution in [-0.4, -0.2) is 17.6 Å². The van der Waals surface area contributed by atoms with Crippen LogP contribution in [0.25, 0.3) is 6.08 Å². The Morgan fingerprint density at radius 1 is 1.00 bits per heavy atom. The number of allylic oxidation sites excluding steroid dienone is 1. The van der Waals surface area contributed by atoms with Crippen LogP contribution in [0.2, 0.25) is 0 Å². The van der Waals surface area contributed by atoms with Crippen LogP contribution < -0.4 is 29.7 Å². The highest BCUT2D eigenvalue weighted by molar-refractivity contribution is 9.10.